The first-order valence-corrected chi connectivity index (χ1v) is 8.71. The van der Waals surface area contributed by atoms with Gasteiger partial charge in [0.1, 0.15) is 0 Å². The minimum Gasteiger partial charge on any atom is -0.369 e. The molecular weight excluding hydrogens is 312 g/mol. The van der Waals surface area contributed by atoms with Gasteiger partial charge in [-0.05, 0) is 50.3 Å². The van der Waals surface area contributed by atoms with Crippen molar-refractivity contribution < 1.29 is 0 Å². The lowest BCUT2D eigenvalue weighted by Gasteiger charge is -2.30. The molecule has 1 saturated heterocycles. The van der Waals surface area contributed by atoms with E-state index in [-0.39, 0.29) is 6.04 Å². The normalized spacial score (nSPS) is 21.6. The summed E-state index contributed by atoms with van der Waals surface area (Å²) in [5.74, 6) is 0. The van der Waals surface area contributed by atoms with Gasteiger partial charge < -0.3 is 10.6 Å². The zero-order valence-electron chi connectivity index (χ0n) is 12.7. The highest BCUT2D eigenvalue weighted by molar-refractivity contribution is 9.10. The van der Waals surface area contributed by atoms with Gasteiger partial charge in [-0.3, -0.25) is 0 Å². The van der Waals surface area contributed by atoms with Crippen molar-refractivity contribution >= 4 is 21.6 Å². The first-order chi connectivity index (χ1) is 9.61. The van der Waals surface area contributed by atoms with Crippen molar-refractivity contribution in [1.82, 2.24) is 0 Å². The molecule has 1 heterocycles. The fourth-order valence-corrected chi connectivity index (χ4v) is 3.49. The predicted octanol–water partition coefficient (Wildman–Crippen LogP) is 4.50. The van der Waals surface area contributed by atoms with Crippen LogP contribution in [0.3, 0.4) is 0 Å². The Morgan fingerprint density at radius 1 is 1.35 bits per heavy atom. The van der Waals surface area contributed by atoms with Crippen molar-refractivity contribution in [3.8, 4) is 0 Å². The first kappa shape index (κ1) is 15.8. The Morgan fingerprint density at radius 2 is 2.15 bits per heavy atom. The van der Waals surface area contributed by atoms with Gasteiger partial charge in [0.2, 0.25) is 0 Å². The number of nitrogens with two attached hydrogens (primary N) is 1. The highest BCUT2D eigenvalue weighted by Crippen LogP contribution is 2.29. The fourth-order valence-electron chi connectivity index (χ4n) is 2.97. The van der Waals surface area contributed by atoms with Crippen LogP contribution in [0.15, 0.2) is 22.7 Å². The second-order valence-corrected chi connectivity index (χ2v) is 6.89. The van der Waals surface area contributed by atoms with E-state index in [1.54, 1.807) is 0 Å². The molecule has 1 aromatic carbocycles. The van der Waals surface area contributed by atoms with Crippen molar-refractivity contribution in [2.24, 2.45) is 5.73 Å². The van der Waals surface area contributed by atoms with Crippen LogP contribution in [0.4, 0.5) is 5.69 Å². The van der Waals surface area contributed by atoms with Crippen LogP contribution in [0.25, 0.3) is 0 Å². The Labute approximate surface area is 131 Å². The number of anilines is 1. The number of benzene rings is 1. The monoisotopic (exact) mass is 338 g/mol. The largest absolute Gasteiger partial charge is 0.369 e. The van der Waals surface area contributed by atoms with Gasteiger partial charge >= 0.3 is 0 Å². The van der Waals surface area contributed by atoms with Crippen LogP contribution < -0.4 is 10.6 Å². The summed E-state index contributed by atoms with van der Waals surface area (Å²) in [4.78, 5) is 2.56. The van der Waals surface area contributed by atoms with Crippen LogP contribution in [0.5, 0.6) is 0 Å². The van der Waals surface area contributed by atoms with E-state index in [1.807, 2.05) is 0 Å². The fraction of sp³-hybridized carbons (Fsp3) is 0.647. The van der Waals surface area contributed by atoms with Gasteiger partial charge in [0.15, 0.2) is 0 Å². The molecule has 20 heavy (non-hydrogen) atoms. The summed E-state index contributed by atoms with van der Waals surface area (Å²) in [5, 5.41) is 0. The van der Waals surface area contributed by atoms with Gasteiger partial charge in [0.05, 0.1) is 0 Å². The molecule has 2 nitrogen and oxygen atoms in total. The Hall–Kier alpha value is -0.540. The molecule has 2 atom stereocenters. The summed E-state index contributed by atoms with van der Waals surface area (Å²) >= 11 is 3.73. The van der Waals surface area contributed by atoms with E-state index in [0.717, 1.165) is 12.8 Å². The minimum atomic E-state index is 0.259. The van der Waals surface area contributed by atoms with Gasteiger partial charge in [-0.2, -0.15) is 0 Å². The molecular formula is C17H27BrN2. The molecule has 0 saturated carbocycles. The first-order valence-electron chi connectivity index (χ1n) is 7.92. The Kier molecular flexibility index (Phi) is 5.91. The van der Waals surface area contributed by atoms with Gasteiger partial charge in [0, 0.05) is 28.8 Å². The molecule has 0 spiro atoms. The van der Waals surface area contributed by atoms with E-state index >= 15 is 0 Å². The van der Waals surface area contributed by atoms with Crippen LogP contribution in [0, 0.1) is 0 Å². The Bertz CT molecular complexity index is 433. The zero-order chi connectivity index (χ0) is 14.5. The second-order valence-electron chi connectivity index (χ2n) is 6.04. The molecule has 3 heteroatoms. The zero-order valence-corrected chi connectivity index (χ0v) is 14.3. The topological polar surface area (TPSA) is 29.3 Å². The quantitative estimate of drug-likeness (QED) is 0.875. The average Bonchev–Trinajstić information content (AvgIpc) is 2.65. The molecule has 1 fully saturated rings. The second kappa shape index (κ2) is 7.46. The molecule has 1 aliphatic heterocycles. The van der Waals surface area contributed by atoms with Gasteiger partial charge in [0.25, 0.3) is 0 Å². The summed E-state index contributed by atoms with van der Waals surface area (Å²) in [5.41, 5.74) is 8.74. The van der Waals surface area contributed by atoms with Crippen molar-refractivity contribution in [2.75, 3.05) is 11.4 Å². The maximum absolute atomic E-state index is 6.07. The number of halogens is 1. The van der Waals surface area contributed by atoms with Gasteiger partial charge in [-0.25, -0.2) is 0 Å². The number of hydrogen-bond donors (Lipinski definition) is 1. The lowest BCUT2D eigenvalue weighted by Crippen LogP contribution is -2.32. The highest BCUT2D eigenvalue weighted by Gasteiger charge is 2.18. The molecule has 2 unspecified atom stereocenters. The molecule has 2 N–H and O–H groups in total. The van der Waals surface area contributed by atoms with Crippen LogP contribution in [-0.2, 0) is 6.42 Å². The molecule has 1 aromatic rings. The van der Waals surface area contributed by atoms with E-state index in [2.05, 4.69) is 52.9 Å². The predicted molar refractivity (Wildman–Crippen MR) is 91.4 cm³/mol. The van der Waals surface area contributed by atoms with Crippen molar-refractivity contribution in [3.63, 3.8) is 0 Å². The van der Waals surface area contributed by atoms with E-state index < -0.39 is 0 Å². The summed E-state index contributed by atoms with van der Waals surface area (Å²) in [6.07, 6.45) is 7.32. The lowest BCUT2D eigenvalue weighted by molar-refractivity contribution is 0.615. The minimum absolute atomic E-state index is 0.259. The van der Waals surface area contributed by atoms with Crippen LogP contribution in [0.1, 0.15) is 51.5 Å². The van der Waals surface area contributed by atoms with Gasteiger partial charge in [-0.15, -0.1) is 0 Å². The molecule has 1 aliphatic rings. The summed E-state index contributed by atoms with van der Waals surface area (Å²) in [6.45, 7) is 5.67. The van der Waals surface area contributed by atoms with E-state index in [4.69, 9.17) is 5.73 Å². The SMILES string of the molecule is CCC(N)Cc1ccc(N2CCCCCC2C)cc1Br. The number of hydrogen-bond acceptors (Lipinski definition) is 2. The molecule has 0 amide bonds. The smallest absolute Gasteiger partial charge is 0.0380 e. The Morgan fingerprint density at radius 3 is 2.85 bits per heavy atom. The maximum atomic E-state index is 6.07. The highest BCUT2D eigenvalue weighted by atomic mass is 79.9. The Balaban J connectivity index is 2.15. The standard InChI is InChI=1S/C17H27BrN2/c1-3-15(19)11-14-8-9-16(12-17(14)18)20-10-6-4-5-7-13(20)2/h8-9,12-13,15H,3-7,10-11,19H2,1-2H3. The van der Waals surface area contributed by atoms with Crippen molar-refractivity contribution in [1.29, 1.82) is 0 Å². The lowest BCUT2D eigenvalue weighted by atomic mass is 10.0. The van der Waals surface area contributed by atoms with Crippen molar-refractivity contribution in [3.05, 3.63) is 28.2 Å². The third kappa shape index (κ3) is 3.98. The van der Waals surface area contributed by atoms with E-state index in [1.165, 1.54) is 48.0 Å². The third-order valence-electron chi connectivity index (χ3n) is 4.43. The molecule has 0 aliphatic carbocycles. The van der Waals surface area contributed by atoms with E-state index in [0.29, 0.717) is 6.04 Å². The summed E-state index contributed by atoms with van der Waals surface area (Å²) in [7, 11) is 0. The maximum Gasteiger partial charge on any atom is 0.0380 e. The summed E-state index contributed by atoms with van der Waals surface area (Å²) < 4.78 is 1.20. The van der Waals surface area contributed by atoms with Crippen LogP contribution in [0.2, 0.25) is 0 Å². The third-order valence-corrected chi connectivity index (χ3v) is 5.17. The number of rotatable bonds is 4. The van der Waals surface area contributed by atoms with Crippen molar-refractivity contribution in [2.45, 2.75) is 64.5 Å². The molecule has 0 bridgehead atoms. The van der Waals surface area contributed by atoms with Crippen LogP contribution >= 0.6 is 15.9 Å². The molecule has 0 radical (unpaired) electrons. The summed E-state index contributed by atoms with van der Waals surface area (Å²) in [6, 6.07) is 7.69. The average molecular weight is 339 g/mol. The van der Waals surface area contributed by atoms with Crippen LogP contribution in [-0.4, -0.2) is 18.6 Å². The molecule has 112 valence electrons. The van der Waals surface area contributed by atoms with Gasteiger partial charge in [-0.1, -0.05) is 41.8 Å². The number of nitrogens with zero attached hydrogens (tertiary/aromatic N) is 1. The molecule has 2 rings (SSSR count). The molecule has 0 aromatic heterocycles. The van der Waals surface area contributed by atoms with E-state index in [9.17, 15) is 0 Å².